The molecule has 18 heavy (non-hydrogen) atoms. The number of hydrogen-bond acceptors (Lipinski definition) is 4. The van der Waals surface area contributed by atoms with Gasteiger partial charge in [0, 0.05) is 12.6 Å². The number of fused-ring (bicyclic) bond motifs is 1. The van der Waals surface area contributed by atoms with E-state index < -0.39 is 0 Å². The standard InChI is InChI=1S/C14H17NO3/c1-15(18-3)9-13-12-8-11(17-2)6-4-10(12)5-7-14(13)16/h4-8,16H,9H2,1-3H3. The van der Waals surface area contributed by atoms with Crippen molar-refractivity contribution in [2.75, 3.05) is 21.3 Å². The maximum atomic E-state index is 9.99. The molecule has 0 fully saturated rings. The first-order valence-corrected chi connectivity index (χ1v) is 5.69. The van der Waals surface area contributed by atoms with Gasteiger partial charge in [-0.3, -0.25) is 0 Å². The van der Waals surface area contributed by atoms with Crippen molar-refractivity contribution >= 4 is 10.8 Å². The third kappa shape index (κ3) is 2.39. The van der Waals surface area contributed by atoms with Crippen LogP contribution >= 0.6 is 0 Å². The molecule has 1 N–H and O–H groups in total. The first-order valence-electron chi connectivity index (χ1n) is 5.69. The van der Waals surface area contributed by atoms with Gasteiger partial charge in [-0.05, 0) is 29.0 Å². The Morgan fingerprint density at radius 3 is 2.56 bits per heavy atom. The summed E-state index contributed by atoms with van der Waals surface area (Å²) in [6.45, 7) is 0.507. The number of ether oxygens (including phenoxy) is 1. The van der Waals surface area contributed by atoms with Gasteiger partial charge in [-0.2, -0.15) is 5.06 Å². The van der Waals surface area contributed by atoms with E-state index in [2.05, 4.69) is 0 Å². The smallest absolute Gasteiger partial charge is 0.120 e. The highest BCUT2D eigenvalue weighted by Gasteiger charge is 2.10. The molecule has 0 saturated heterocycles. The van der Waals surface area contributed by atoms with E-state index in [1.165, 1.54) is 0 Å². The van der Waals surface area contributed by atoms with Crippen molar-refractivity contribution in [3.05, 3.63) is 35.9 Å². The van der Waals surface area contributed by atoms with Crippen molar-refractivity contribution in [3.8, 4) is 11.5 Å². The summed E-state index contributed by atoms with van der Waals surface area (Å²) in [4.78, 5) is 5.11. The number of nitrogens with zero attached hydrogens (tertiary/aromatic N) is 1. The third-order valence-electron chi connectivity index (χ3n) is 3.01. The molecule has 0 unspecified atom stereocenters. The summed E-state index contributed by atoms with van der Waals surface area (Å²) in [6, 6.07) is 9.40. The zero-order chi connectivity index (χ0) is 13.1. The average Bonchev–Trinajstić information content (AvgIpc) is 2.41. The second-order valence-electron chi connectivity index (χ2n) is 4.12. The van der Waals surface area contributed by atoms with E-state index >= 15 is 0 Å². The number of phenols is 1. The summed E-state index contributed by atoms with van der Waals surface area (Å²) < 4.78 is 5.22. The van der Waals surface area contributed by atoms with E-state index in [1.54, 1.807) is 25.3 Å². The van der Waals surface area contributed by atoms with Crippen LogP contribution in [0.2, 0.25) is 0 Å². The van der Waals surface area contributed by atoms with Crippen molar-refractivity contribution in [2.24, 2.45) is 0 Å². The van der Waals surface area contributed by atoms with E-state index in [4.69, 9.17) is 9.57 Å². The number of aromatic hydroxyl groups is 1. The fourth-order valence-corrected chi connectivity index (χ4v) is 1.93. The highest BCUT2D eigenvalue weighted by Crippen LogP contribution is 2.30. The minimum Gasteiger partial charge on any atom is -0.508 e. The topological polar surface area (TPSA) is 41.9 Å². The van der Waals surface area contributed by atoms with E-state index in [9.17, 15) is 5.11 Å². The molecule has 0 spiro atoms. The lowest BCUT2D eigenvalue weighted by molar-refractivity contribution is -0.116. The number of methoxy groups -OCH3 is 1. The van der Waals surface area contributed by atoms with Crippen LogP contribution in [0.25, 0.3) is 10.8 Å². The van der Waals surface area contributed by atoms with Gasteiger partial charge >= 0.3 is 0 Å². The third-order valence-corrected chi connectivity index (χ3v) is 3.01. The summed E-state index contributed by atoms with van der Waals surface area (Å²) in [6.07, 6.45) is 0. The van der Waals surface area contributed by atoms with Crippen molar-refractivity contribution < 1.29 is 14.7 Å². The number of hydroxylamine groups is 2. The van der Waals surface area contributed by atoms with Gasteiger partial charge in [0.15, 0.2) is 0 Å². The molecule has 4 heteroatoms. The maximum absolute atomic E-state index is 9.99. The second-order valence-corrected chi connectivity index (χ2v) is 4.12. The average molecular weight is 247 g/mol. The summed E-state index contributed by atoms with van der Waals surface area (Å²) in [5.41, 5.74) is 0.829. The lowest BCUT2D eigenvalue weighted by atomic mass is 10.0. The van der Waals surface area contributed by atoms with Crippen LogP contribution in [-0.4, -0.2) is 31.4 Å². The Labute approximate surface area is 106 Å². The molecule has 0 radical (unpaired) electrons. The number of hydrogen-bond donors (Lipinski definition) is 1. The van der Waals surface area contributed by atoms with E-state index in [0.29, 0.717) is 6.54 Å². The normalized spacial score (nSPS) is 11.1. The quantitative estimate of drug-likeness (QED) is 0.843. The van der Waals surface area contributed by atoms with Crippen LogP contribution in [0.1, 0.15) is 5.56 Å². The molecular weight excluding hydrogens is 230 g/mol. The highest BCUT2D eigenvalue weighted by atomic mass is 16.7. The Balaban J connectivity index is 2.56. The van der Waals surface area contributed by atoms with E-state index in [-0.39, 0.29) is 5.75 Å². The van der Waals surface area contributed by atoms with Gasteiger partial charge < -0.3 is 14.7 Å². The molecular formula is C14H17NO3. The fourth-order valence-electron chi connectivity index (χ4n) is 1.93. The first kappa shape index (κ1) is 12.7. The number of benzene rings is 2. The van der Waals surface area contributed by atoms with Crippen LogP contribution in [0.3, 0.4) is 0 Å². The molecule has 4 nitrogen and oxygen atoms in total. The predicted molar refractivity (Wildman–Crippen MR) is 70.6 cm³/mol. The Kier molecular flexibility index (Phi) is 3.69. The Bertz CT molecular complexity index is 554. The summed E-state index contributed by atoms with van der Waals surface area (Å²) in [7, 11) is 5.05. The van der Waals surface area contributed by atoms with Crippen LogP contribution in [0.15, 0.2) is 30.3 Å². The summed E-state index contributed by atoms with van der Waals surface area (Å²) in [5, 5.41) is 13.7. The van der Waals surface area contributed by atoms with Gasteiger partial charge in [0.1, 0.15) is 11.5 Å². The van der Waals surface area contributed by atoms with Crippen molar-refractivity contribution in [1.82, 2.24) is 5.06 Å². The minimum atomic E-state index is 0.264. The molecule has 2 aromatic carbocycles. The van der Waals surface area contributed by atoms with Crippen LogP contribution in [0.4, 0.5) is 0 Å². The van der Waals surface area contributed by atoms with Crippen molar-refractivity contribution in [3.63, 3.8) is 0 Å². The molecule has 0 saturated carbocycles. The fraction of sp³-hybridized carbons (Fsp3) is 0.286. The van der Waals surface area contributed by atoms with Crippen molar-refractivity contribution in [2.45, 2.75) is 6.54 Å². The molecule has 0 aliphatic heterocycles. The van der Waals surface area contributed by atoms with E-state index in [0.717, 1.165) is 22.1 Å². The minimum absolute atomic E-state index is 0.264. The second kappa shape index (κ2) is 5.25. The van der Waals surface area contributed by atoms with Crippen LogP contribution in [0, 0.1) is 0 Å². The number of rotatable bonds is 4. The monoisotopic (exact) mass is 247 g/mol. The Morgan fingerprint density at radius 2 is 1.89 bits per heavy atom. The predicted octanol–water partition coefficient (Wildman–Crippen LogP) is 2.55. The van der Waals surface area contributed by atoms with Crippen molar-refractivity contribution in [1.29, 1.82) is 0 Å². The van der Waals surface area contributed by atoms with Gasteiger partial charge in [0.25, 0.3) is 0 Å². The lowest BCUT2D eigenvalue weighted by Gasteiger charge is -2.16. The van der Waals surface area contributed by atoms with E-state index in [1.807, 2.05) is 31.3 Å². The van der Waals surface area contributed by atoms with Crippen LogP contribution in [-0.2, 0) is 11.4 Å². The lowest BCUT2D eigenvalue weighted by Crippen LogP contribution is -2.16. The molecule has 0 amide bonds. The molecule has 0 aliphatic rings. The summed E-state index contributed by atoms with van der Waals surface area (Å²) in [5.74, 6) is 1.04. The molecule has 0 aromatic heterocycles. The zero-order valence-electron chi connectivity index (χ0n) is 10.8. The van der Waals surface area contributed by atoms with Gasteiger partial charge in [0.2, 0.25) is 0 Å². The molecule has 0 bridgehead atoms. The zero-order valence-corrected chi connectivity index (χ0v) is 10.8. The largest absolute Gasteiger partial charge is 0.508 e. The summed E-state index contributed by atoms with van der Waals surface area (Å²) >= 11 is 0. The molecule has 0 heterocycles. The van der Waals surface area contributed by atoms with Gasteiger partial charge in [-0.15, -0.1) is 0 Å². The van der Waals surface area contributed by atoms with Crippen LogP contribution in [0.5, 0.6) is 11.5 Å². The SMILES string of the molecule is COc1ccc2ccc(O)c(CN(C)OC)c2c1. The molecule has 2 aromatic rings. The molecule has 0 atom stereocenters. The van der Waals surface area contributed by atoms with Crippen LogP contribution < -0.4 is 4.74 Å². The molecule has 0 aliphatic carbocycles. The number of phenolic OH excluding ortho intramolecular Hbond substituents is 1. The molecule has 96 valence electrons. The Hall–Kier alpha value is -1.78. The van der Waals surface area contributed by atoms with Gasteiger partial charge in [-0.25, -0.2) is 0 Å². The first-order chi connectivity index (χ1) is 8.65. The van der Waals surface area contributed by atoms with Gasteiger partial charge in [-0.1, -0.05) is 12.1 Å². The molecule has 2 rings (SSSR count). The maximum Gasteiger partial charge on any atom is 0.120 e. The Morgan fingerprint density at radius 1 is 1.17 bits per heavy atom. The van der Waals surface area contributed by atoms with Gasteiger partial charge in [0.05, 0.1) is 20.8 Å². The highest BCUT2D eigenvalue weighted by molar-refractivity contribution is 5.88.